The van der Waals surface area contributed by atoms with E-state index in [1.54, 1.807) is 45.0 Å². The number of esters is 2. The van der Waals surface area contributed by atoms with Gasteiger partial charge in [0.25, 0.3) is 0 Å². The molecular formula is C58H82B2O10. The van der Waals surface area contributed by atoms with Gasteiger partial charge in [-0.25, -0.2) is 4.79 Å². The normalized spacial score (nSPS) is 14.6. The van der Waals surface area contributed by atoms with E-state index in [9.17, 15) is 19.2 Å². The number of rotatable bonds is 11. The molecule has 0 aliphatic heterocycles. The van der Waals surface area contributed by atoms with Crippen LogP contribution in [0.1, 0.15) is 152 Å². The zero-order chi connectivity index (χ0) is 52.8. The van der Waals surface area contributed by atoms with Crippen molar-refractivity contribution in [1.82, 2.24) is 0 Å². The van der Waals surface area contributed by atoms with Crippen LogP contribution in [0.2, 0.25) is 0 Å². The lowest BCUT2D eigenvalue weighted by Crippen LogP contribution is -2.29. The van der Waals surface area contributed by atoms with E-state index in [4.69, 9.17) is 24.8 Å². The summed E-state index contributed by atoms with van der Waals surface area (Å²) in [5.41, 5.74) is 10.2. The molecule has 6 rings (SSSR count). The Hall–Kier alpha value is -5.39. The summed E-state index contributed by atoms with van der Waals surface area (Å²) in [6, 6.07) is 31.1. The summed E-state index contributed by atoms with van der Waals surface area (Å²) >= 11 is 0. The first-order valence-corrected chi connectivity index (χ1v) is 24.7. The molecule has 380 valence electrons. The lowest BCUT2D eigenvalue weighted by atomic mass is 9.74. The summed E-state index contributed by atoms with van der Waals surface area (Å²) in [6.07, 6.45) is 13.3. The Morgan fingerprint density at radius 3 is 1.43 bits per heavy atom. The van der Waals surface area contributed by atoms with Crippen molar-refractivity contribution in [3.05, 3.63) is 154 Å². The van der Waals surface area contributed by atoms with Crippen LogP contribution in [0, 0.1) is 33.6 Å². The molecule has 4 N–H and O–H groups in total. The molecule has 1 fully saturated rings. The lowest BCUT2D eigenvalue weighted by molar-refractivity contribution is -0.144. The van der Waals surface area contributed by atoms with Crippen LogP contribution >= 0.6 is 0 Å². The molecule has 2 atom stereocenters. The Kier molecular flexibility index (Phi) is 30.4. The largest absolute Gasteiger partial charge is 0.488 e. The van der Waals surface area contributed by atoms with Crippen molar-refractivity contribution in [2.45, 2.75) is 152 Å². The van der Waals surface area contributed by atoms with Crippen LogP contribution in [0.15, 0.2) is 120 Å². The molecule has 1 saturated carbocycles. The molecule has 0 saturated heterocycles. The number of hydrogen-bond donors (Lipinski definition) is 4. The second kappa shape index (κ2) is 34.0. The number of allylic oxidation sites excluding steroid dienone is 3. The summed E-state index contributed by atoms with van der Waals surface area (Å²) in [6.45, 7) is 23.8. The quantitative estimate of drug-likeness (QED) is 0.0645. The van der Waals surface area contributed by atoms with E-state index in [1.807, 2.05) is 58.9 Å². The minimum atomic E-state index is -1.35. The SMILES string of the molecule is CC(=O)C1=CCCCC1.CC(=O)C1CCCCC1c1ccc(C)cc1.CCOC(=O)C=C(C)C.CCOC(=O)CC(C)(C)c1ccc(C)cc1.Cc1ccc(B(O)O)cc1.Cc1ccc(B(O)O)cc1. The molecule has 12 heteroatoms. The fourth-order valence-electron chi connectivity index (χ4n) is 7.56. The Labute approximate surface area is 420 Å². The molecule has 0 spiro atoms. The third-order valence-electron chi connectivity index (χ3n) is 11.7. The van der Waals surface area contributed by atoms with Gasteiger partial charge in [0.1, 0.15) is 5.78 Å². The second-order valence-corrected chi connectivity index (χ2v) is 18.8. The number of ether oxygens (including phenoxy) is 2. The molecule has 2 aliphatic rings. The van der Waals surface area contributed by atoms with Gasteiger partial charge < -0.3 is 29.6 Å². The number of benzene rings is 4. The Bertz CT molecular complexity index is 2140. The van der Waals surface area contributed by atoms with Gasteiger partial charge in [-0.3, -0.25) is 14.4 Å². The van der Waals surface area contributed by atoms with Crippen molar-refractivity contribution in [3.63, 3.8) is 0 Å². The van der Waals surface area contributed by atoms with Gasteiger partial charge in [-0.1, -0.05) is 158 Å². The Morgan fingerprint density at radius 1 is 0.614 bits per heavy atom. The fourth-order valence-corrected chi connectivity index (χ4v) is 7.56. The highest BCUT2D eigenvalue weighted by molar-refractivity contribution is 6.58. The summed E-state index contributed by atoms with van der Waals surface area (Å²) in [7, 11) is -2.69. The van der Waals surface area contributed by atoms with Gasteiger partial charge in [0.05, 0.1) is 19.6 Å². The van der Waals surface area contributed by atoms with E-state index in [1.165, 1.54) is 60.4 Å². The highest BCUT2D eigenvalue weighted by atomic mass is 16.5. The zero-order valence-electron chi connectivity index (χ0n) is 44.2. The summed E-state index contributed by atoms with van der Waals surface area (Å²) in [5, 5.41) is 34.7. The maximum Gasteiger partial charge on any atom is 0.488 e. The van der Waals surface area contributed by atoms with Crippen LogP contribution in [-0.4, -0.2) is 71.1 Å². The summed E-state index contributed by atoms with van der Waals surface area (Å²) in [4.78, 5) is 44.4. The molecule has 4 aromatic carbocycles. The number of Topliss-reactive ketones (excluding diaryl/α,β-unsaturated/α-hetero) is 2. The topological polar surface area (TPSA) is 168 Å². The van der Waals surface area contributed by atoms with Gasteiger partial charge in [-0.2, -0.15) is 0 Å². The first-order valence-electron chi connectivity index (χ1n) is 24.7. The standard InChI is InChI=1S/C15H20O.C14H20O2.C8H12O.2C7H9BO2.C7H12O2/c1-11-7-9-13(10-8-11)15-6-4-3-5-14(15)12(2)16;1-5-16-13(15)10-14(3,4)12-8-6-11(2)7-9-12;1-7(9)8-5-3-2-4-6-8;2*1-6-2-4-7(5-3-6)8(9)10;1-4-9-7(8)5-6(2)3/h7-10,14-15H,3-6H2,1-2H3;6-9H,5,10H2,1-4H3;5H,2-4,6H2,1H3;2*2-5,9-10H,1H3;5H,4H2,1-3H3. The fraction of sp³-hybridized carbons (Fsp3) is 0.448. The van der Waals surface area contributed by atoms with Crippen molar-refractivity contribution in [2.75, 3.05) is 13.2 Å². The summed E-state index contributed by atoms with van der Waals surface area (Å²) < 4.78 is 9.62. The van der Waals surface area contributed by atoms with Crippen molar-refractivity contribution in [3.8, 4) is 0 Å². The van der Waals surface area contributed by atoms with Crippen LogP contribution in [0.3, 0.4) is 0 Å². The third-order valence-corrected chi connectivity index (χ3v) is 11.7. The molecule has 0 bridgehead atoms. The molecular weight excluding hydrogens is 878 g/mol. The zero-order valence-corrected chi connectivity index (χ0v) is 44.2. The first-order chi connectivity index (χ1) is 33.0. The number of carbonyl (C=O) groups is 4. The van der Waals surface area contributed by atoms with Crippen LogP contribution in [0.25, 0.3) is 0 Å². The van der Waals surface area contributed by atoms with Gasteiger partial charge in [0.2, 0.25) is 0 Å². The van der Waals surface area contributed by atoms with Gasteiger partial charge >= 0.3 is 26.2 Å². The number of ketones is 2. The van der Waals surface area contributed by atoms with E-state index in [0.29, 0.717) is 42.3 Å². The average molecular weight is 961 g/mol. The maximum atomic E-state index is 11.6. The minimum absolute atomic E-state index is 0.131. The highest BCUT2D eigenvalue weighted by Gasteiger charge is 2.29. The highest BCUT2D eigenvalue weighted by Crippen LogP contribution is 2.38. The molecule has 0 aromatic heterocycles. The molecule has 4 aromatic rings. The van der Waals surface area contributed by atoms with E-state index in [0.717, 1.165) is 41.5 Å². The predicted molar refractivity (Wildman–Crippen MR) is 287 cm³/mol. The molecule has 0 radical (unpaired) electrons. The Morgan fingerprint density at radius 2 is 1.06 bits per heavy atom. The van der Waals surface area contributed by atoms with Crippen molar-refractivity contribution < 1.29 is 48.7 Å². The van der Waals surface area contributed by atoms with Gasteiger partial charge in [-0.05, 0) is 141 Å². The molecule has 10 nitrogen and oxygen atoms in total. The van der Waals surface area contributed by atoms with Crippen LogP contribution in [0.5, 0.6) is 0 Å². The average Bonchev–Trinajstić information content (AvgIpc) is 3.31. The van der Waals surface area contributed by atoms with Gasteiger partial charge in [-0.15, -0.1) is 0 Å². The monoisotopic (exact) mass is 961 g/mol. The first kappa shape index (κ1) is 62.6. The number of hydrogen-bond acceptors (Lipinski definition) is 10. The minimum Gasteiger partial charge on any atom is -0.466 e. The maximum absolute atomic E-state index is 11.6. The second-order valence-electron chi connectivity index (χ2n) is 18.8. The van der Waals surface area contributed by atoms with E-state index in [-0.39, 0.29) is 29.1 Å². The van der Waals surface area contributed by atoms with E-state index < -0.39 is 14.2 Å². The lowest BCUT2D eigenvalue weighted by Gasteiger charge is -2.30. The Balaban J connectivity index is 0.000000428. The molecule has 2 unspecified atom stereocenters. The molecule has 0 heterocycles. The van der Waals surface area contributed by atoms with Crippen molar-refractivity contribution in [1.29, 1.82) is 0 Å². The van der Waals surface area contributed by atoms with Crippen LogP contribution in [-0.2, 0) is 34.1 Å². The van der Waals surface area contributed by atoms with Crippen LogP contribution in [0.4, 0.5) is 0 Å². The van der Waals surface area contributed by atoms with Crippen LogP contribution < -0.4 is 10.9 Å². The van der Waals surface area contributed by atoms with Crippen molar-refractivity contribution >= 4 is 48.7 Å². The van der Waals surface area contributed by atoms with E-state index >= 15 is 0 Å². The molecule has 2 aliphatic carbocycles. The van der Waals surface area contributed by atoms with Gasteiger partial charge in [0, 0.05) is 17.4 Å². The number of aryl methyl sites for hydroxylation is 4. The predicted octanol–water partition coefficient (Wildman–Crippen LogP) is 10.0. The van der Waals surface area contributed by atoms with E-state index in [2.05, 4.69) is 87.0 Å². The smallest absolute Gasteiger partial charge is 0.466 e. The van der Waals surface area contributed by atoms with Gasteiger partial charge in [0.15, 0.2) is 5.78 Å². The number of carbonyl (C=O) groups excluding carboxylic acids is 4. The van der Waals surface area contributed by atoms with Crippen molar-refractivity contribution in [2.24, 2.45) is 5.92 Å². The third kappa shape index (κ3) is 26.6. The summed E-state index contributed by atoms with van der Waals surface area (Å²) in [5.74, 6) is 0.967. The molecule has 0 amide bonds. The molecule has 70 heavy (non-hydrogen) atoms.